The van der Waals surface area contributed by atoms with Gasteiger partial charge in [0.2, 0.25) is 29.7 Å². The number of hydrogen-bond acceptors (Lipinski definition) is 21. The fourth-order valence-electron chi connectivity index (χ4n) is 6.78. The molecule has 2 heterocycles. The molecule has 0 unspecified atom stereocenters. The van der Waals surface area contributed by atoms with Crippen LogP contribution in [0.15, 0.2) is 194 Å². The molecule has 8 rings (SSSR count). The van der Waals surface area contributed by atoms with Crippen LogP contribution in [-0.4, -0.2) is 53.8 Å². The first kappa shape index (κ1) is 54.1. The van der Waals surface area contributed by atoms with Crippen LogP contribution in [0, 0.1) is 0 Å². The van der Waals surface area contributed by atoms with Gasteiger partial charge < -0.3 is 56.2 Å². The smallest absolute Gasteiger partial charge is 0.338 e. The number of esters is 4. The van der Waals surface area contributed by atoms with E-state index in [1.165, 1.54) is 6.33 Å². The van der Waals surface area contributed by atoms with Crippen LogP contribution in [0.3, 0.4) is 0 Å². The van der Waals surface area contributed by atoms with E-state index in [-0.39, 0.29) is 63.5 Å². The molecule has 0 fully saturated rings. The maximum Gasteiger partial charge on any atom is 0.338 e. The highest BCUT2D eigenvalue weighted by Crippen LogP contribution is 2.33. The highest BCUT2D eigenvalue weighted by atomic mass is 16.5. The monoisotopic (exact) mass is 1060 g/mol. The van der Waals surface area contributed by atoms with E-state index in [2.05, 4.69) is 93.4 Å². The average Bonchev–Trinajstić information content (AvgIpc) is 3.39. The van der Waals surface area contributed by atoms with Gasteiger partial charge in [0.15, 0.2) is 0 Å². The minimum atomic E-state index is -0.579. The lowest BCUT2D eigenvalue weighted by Gasteiger charge is -2.16. The Balaban J connectivity index is 1.07. The number of carbonyl (C=O) groups excluding carboxylic acids is 4. The predicted octanol–water partition coefficient (Wildman–Crippen LogP) is 12.2. The summed E-state index contributed by atoms with van der Waals surface area (Å²) in [5, 5.41) is 22.8. The van der Waals surface area contributed by atoms with Gasteiger partial charge in [-0.3, -0.25) is 0 Å². The molecule has 396 valence electrons. The molecule has 21 heteroatoms. The van der Waals surface area contributed by atoms with Crippen molar-refractivity contribution in [1.82, 2.24) is 29.9 Å². The van der Waals surface area contributed by atoms with Crippen LogP contribution in [0.2, 0.25) is 0 Å². The summed E-state index contributed by atoms with van der Waals surface area (Å²) >= 11 is 0. The lowest BCUT2D eigenvalue weighted by Crippen LogP contribution is -2.09. The molecule has 0 radical (unpaired) electrons. The van der Waals surface area contributed by atoms with Gasteiger partial charge in [0.25, 0.3) is 0 Å². The summed E-state index contributed by atoms with van der Waals surface area (Å²) < 4.78 is 21.8. The quantitative estimate of drug-likeness (QED) is 0.0189. The van der Waals surface area contributed by atoms with Crippen molar-refractivity contribution in [1.29, 1.82) is 0 Å². The second kappa shape index (κ2) is 24.9. The van der Waals surface area contributed by atoms with Crippen molar-refractivity contribution >= 4 is 105 Å². The largest absolute Gasteiger partial charge is 0.423 e. The molecule has 21 nitrogen and oxygen atoms in total. The first-order chi connectivity index (χ1) is 37.9. The summed E-state index contributed by atoms with van der Waals surface area (Å²) in [6.07, 6.45) is 1.34. The highest BCUT2D eigenvalue weighted by Gasteiger charge is 2.15. The number of ether oxygens (including phenoxy) is 4. The van der Waals surface area contributed by atoms with Crippen molar-refractivity contribution < 1.29 is 38.1 Å². The SMILES string of the molecule is C=C(C)C(=O)Oc1cccc(Nc2cc(Nc3cccc(Nc4nc(Nc5cccc(OC(=O)C(=C)C)c5)nc(Nc5cccc(OC(=O)C(=C)C)c5)n4)c3)cc(Nc3ncnc(Nc4cccc(OC(=O)C(=C)C)c4)n3)c2)c1. The fourth-order valence-corrected chi connectivity index (χ4v) is 6.78. The van der Waals surface area contributed by atoms with Gasteiger partial charge >= 0.3 is 23.9 Å². The van der Waals surface area contributed by atoms with Crippen LogP contribution in [0.4, 0.5) is 80.9 Å². The molecule has 0 aliphatic heterocycles. The van der Waals surface area contributed by atoms with Gasteiger partial charge in [-0.25, -0.2) is 29.1 Å². The van der Waals surface area contributed by atoms with Crippen LogP contribution in [0.5, 0.6) is 23.0 Å². The average molecular weight is 1060 g/mol. The van der Waals surface area contributed by atoms with Gasteiger partial charge in [0.05, 0.1) is 0 Å². The number of rotatable bonds is 22. The van der Waals surface area contributed by atoms with Crippen LogP contribution in [0.1, 0.15) is 27.7 Å². The molecule has 8 aromatic rings. The van der Waals surface area contributed by atoms with E-state index in [4.69, 9.17) is 18.9 Å². The maximum absolute atomic E-state index is 12.4. The maximum atomic E-state index is 12.4. The van der Waals surface area contributed by atoms with E-state index in [1.54, 1.807) is 119 Å². The lowest BCUT2D eigenvalue weighted by molar-refractivity contribution is -0.130. The van der Waals surface area contributed by atoms with E-state index < -0.39 is 23.9 Å². The van der Waals surface area contributed by atoms with Crippen LogP contribution >= 0.6 is 0 Å². The van der Waals surface area contributed by atoms with Gasteiger partial charge in [0.1, 0.15) is 29.3 Å². The van der Waals surface area contributed by atoms with E-state index in [0.717, 1.165) is 0 Å². The molecule has 2 aromatic heterocycles. The number of hydrogen-bond donors (Lipinski definition) is 7. The Kier molecular flexibility index (Phi) is 17.0. The Morgan fingerprint density at radius 3 is 0.873 bits per heavy atom. The van der Waals surface area contributed by atoms with E-state index in [0.29, 0.717) is 62.7 Å². The minimum absolute atomic E-state index is 0.114. The van der Waals surface area contributed by atoms with Crippen molar-refractivity contribution in [3.05, 3.63) is 194 Å². The highest BCUT2D eigenvalue weighted by molar-refractivity contribution is 5.91. The summed E-state index contributed by atoms with van der Waals surface area (Å²) in [6, 6.07) is 39.9. The topological polar surface area (TPSA) is 267 Å². The van der Waals surface area contributed by atoms with Crippen LogP contribution < -0.4 is 56.2 Å². The Morgan fingerprint density at radius 2 is 0.544 bits per heavy atom. The van der Waals surface area contributed by atoms with Crippen LogP contribution in [0.25, 0.3) is 0 Å². The molecule has 0 saturated heterocycles. The van der Waals surface area contributed by atoms with Crippen molar-refractivity contribution in [2.75, 3.05) is 37.2 Å². The van der Waals surface area contributed by atoms with Gasteiger partial charge in [-0.1, -0.05) is 56.6 Å². The standard InChI is InChI=1S/C58H51N13O8/c1-33(2)50(72)76-46-20-10-16-39(28-46)62-44-25-43(26-45(27-44)67-55-60-32-59-54(68-55)63-40-17-11-21-47(29-40)77-51(73)34(3)4)61-37-14-9-15-38(24-37)64-56-69-57(65-41-18-12-22-48(30-41)78-52(74)35(5)6)71-58(70-56)66-42-19-13-23-49(31-42)79-53(75)36(7)8/h9-32,61-62H,1,3,5,7H2,2,4,6,8H3,(H2,59,60,63,67,68)(H3,64,65,66,69,70,71). The van der Waals surface area contributed by atoms with Crippen molar-refractivity contribution in [2.45, 2.75) is 27.7 Å². The molecular formula is C58H51N13O8. The molecule has 0 aliphatic rings. The number of benzene rings is 6. The molecular weight excluding hydrogens is 1010 g/mol. The fraction of sp³-hybridized carbons (Fsp3) is 0.0690. The third kappa shape index (κ3) is 15.9. The summed E-state index contributed by atoms with van der Waals surface area (Å²) in [7, 11) is 0. The second-order valence-electron chi connectivity index (χ2n) is 17.5. The van der Waals surface area contributed by atoms with Gasteiger partial charge in [0, 0.05) is 97.7 Å². The first-order valence-electron chi connectivity index (χ1n) is 24.0. The number of aromatic nitrogens is 6. The lowest BCUT2D eigenvalue weighted by atomic mass is 10.2. The zero-order valence-corrected chi connectivity index (χ0v) is 43.1. The first-order valence-corrected chi connectivity index (χ1v) is 24.0. The molecule has 0 bridgehead atoms. The summed E-state index contributed by atoms with van der Waals surface area (Å²) in [5.74, 6) is -0.351. The summed E-state index contributed by atoms with van der Waals surface area (Å²) in [5.41, 5.74) is 6.17. The zero-order valence-electron chi connectivity index (χ0n) is 43.1. The van der Waals surface area contributed by atoms with Crippen molar-refractivity contribution in [3.63, 3.8) is 0 Å². The van der Waals surface area contributed by atoms with Crippen LogP contribution in [-0.2, 0) is 19.2 Å². The van der Waals surface area contributed by atoms with Crippen molar-refractivity contribution in [2.24, 2.45) is 0 Å². The van der Waals surface area contributed by atoms with E-state index >= 15 is 0 Å². The molecule has 0 atom stereocenters. The predicted molar refractivity (Wildman–Crippen MR) is 303 cm³/mol. The molecule has 0 aliphatic carbocycles. The molecule has 79 heavy (non-hydrogen) atoms. The van der Waals surface area contributed by atoms with E-state index in [1.807, 2.05) is 48.5 Å². The Labute approximate surface area is 453 Å². The number of anilines is 14. The molecule has 0 spiro atoms. The Morgan fingerprint density at radius 1 is 0.316 bits per heavy atom. The zero-order chi connectivity index (χ0) is 56.0. The van der Waals surface area contributed by atoms with E-state index in [9.17, 15) is 19.2 Å². The van der Waals surface area contributed by atoms with Gasteiger partial charge in [-0.05, 0) is 113 Å². The van der Waals surface area contributed by atoms with Crippen molar-refractivity contribution in [3.8, 4) is 23.0 Å². The van der Waals surface area contributed by atoms with Gasteiger partial charge in [-0.2, -0.15) is 19.9 Å². The molecule has 0 amide bonds. The Hall–Kier alpha value is -11.2. The summed E-state index contributed by atoms with van der Waals surface area (Å²) in [4.78, 5) is 76.3. The number of carbonyl (C=O) groups is 4. The second-order valence-corrected chi connectivity index (χ2v) is 17.5. The number of nitrogens with one attached hydrogen (secondary N) is 7. The third-order valence-electron chi connectivity index (χ3n) is 10.4. The molecule has 7 N–H and O–H groups in total. The Bertz CT molecular complexity index is 3610. The van der Waals surface area contributed by atoms with Gasteiger partial charge in [-0.15, -0.1) is 0 Å². The minimum Gasteiger partial charge on any atom is -0.423 e. The summed E-state index contributed by atoms with van der Waals surface area (Å²) in [6.45, 7) is 20.9. The third-order valence-corrected chi connectivity index (χ3v) is 10.4. The molecule has 6 aromatic carbocycles. The normalized spacial score (nSPS) is 10.4. The molecule has 0 saturated carbocycles. The number of nitrogens with zero attached hydrogens (tertiary/aromatic N) is 6.